The Morgan fingerprint density at radius 3 is 2.16 bits per heavy atom. The summed E-state index contributed by atoms with van der Waals surface area (Å²) < 4.78 is 31.4. The number of carbonyl (C=O) groups excluding carboxylic acids is 1. The highest BCUT2D eigenvalue weighted by Crippen LogP contribution is 2.22. The molecule has 1 saturated carbocycles. The van der Waals surface area contributed by atoms with Crippen LogP contribution in [0.5, 0.6) is 0 Å². The van der Waals surface area contributed by atoms with Gasteiger partial charge in [-0.15, -0.1) is 0 Å². The summed E-state index contributed by atoms with van der Waals surface area (Å²) in [4.78, 5) is 11.6. The highest BCUT2D eigenvalue weighted by molar-refractivity contribution is 7.84. The summed E-state index contributed by atoms with van der Waals surface area (Å²) in [6.07, 6.45) is 1.50. The number of rotatable bonds is 3. The first-order valence-corrected chi connectivity index (χ1v) is 7.73. The maximum Gasteiger partial charge on any atom is 0.407 e. The third kappa shape index (κ3) is 7.34. The third-order valence-corrected chi connectivity index (χ3v) is 3.21. The molecule has 1 rings (SSSR count). The summed E-state index contributed by atoms with van der Waals surface area (Å²) in [5.41, 5.74) is -0.530. The van der Waals surface area contributed by atoms with E-state index in [-0.39, 0.29) is 6.04 Å². The highest BCUT2D eigenvalue weighted by atomic mass is 32.2. The lowest BCUT2D eigenvalue weighted by Gasteiger charge is -2.29. The van der Waals surface area contributed by atoms with Gasteiger partial charge in [-0.3, -0.25) is 4.18 Å². The van der Waals surface area contributed by atoms with E-state index in [2.05, 4.69) is 5.32 Å². The van der Waals surface area contributed by atoms with Gasteiger partial charge in [0.25, 0.3) is 0 Å². The fourth-order valence-electron chi connectivity index (χ4n) is 1.97. The molecule has 0 heterocycles. The standard InChI is InChI=1S/C11H22N2O5S/c1-11(2,3)17-10(14)13-8-4-6-9(7-5-8)18-19(12,15)16/h8-9H,4-7H2,1-3H3,(H,13,14)(H2,12,15,16). The Balaban J connectivity index is 2.33. The van der Waals surface area contributed by atoms with Crippen LogP contribution in [0.2, 0.25) is 0 Å². The Morgan fingerprint density at radius 1 is 1.21 bits per heavy atom. The molecule has 0 aliphatic heterocycles. The molecule has 19 heavy (non-hydrogen) atoms. The van der Waals surface area contributed by atoms with E-state index in [0.717, 1.165) is 0 Å². The first-order valence-electron chi connectivity index (χ1n) is 6.26. The van der Waals surface area contributed by atoms with Crippen molar-refractivity contribution in [1.82, 2.24) is 5.32 Å². The second-order valence-corrected chi connectivity index (χ2v) is 6.89. The Labute approximate surface area is 114 Å². The van der Waals surface area contributed by atoms with Crippen LogP contribution >= 0.6 is 0 Å². The Kier molecular flexibility index (Phi) is 5.17. The van der Waals surface area contributed by atoms with Gasteiger partial charge in [-0.2, -0.15) is 8.42 Å². The number of nitrogens with one attached hydrogen (secondary N) is 1. The van der Waals surface area contributed by atoms with Crippen LogP contribution in [0, 0.1) is 0 Å². The van der Waals surface area contributed by atoms with Gasteiger partial charge in [-0.05, 0) is 46.5 Å². The predicted octanol–water partition coefficient (Wildman–Crippen LogP) is 1.04. The molecule has 0 spiro atoms. The van der Waals surface area contributed by atoms with Crippen molar-refractivity contribution in [3.8, 4) is 0 Å². The number of ether oxygens (including phenoxy) is 1. The van der Waals surface area contributed by atoms with Crippen molar-refractivity contribution in [3.63, 3.8) is 0 Å². The summed E-state index contributed by atoms with van der Waals surface area (Å²) in [6, 6.07) is -0.0184. The van der Waals surface area contributed by atoms with Gasteiger partial charge >= 0.3 is 16.4 Å². The molecular weight excluding hydrogens is 272 g/mol. The normalized spacial score (nSPS) is 24.8. The van der Waals surface area contributed by atoms with Gasteiger partial charge in [0.2, 0.25) is 0 Å². The van der Waals surface area contributed by atoms with Gasteiger partial charge < -0.3 is 10.1 Å². The lowest BCUT2D eigenvalue weighted by molar-refractivity contribution is 0.0472. The monoisotopic (exact) mass is 294 g/mol. The van der Waals surface area contributed by atoms with Crippen molar-refractivity contribution >= 4 is 16.4 Å². The maximum atomic E-state index is 11.6. The van der Waals surface area contributed by atoms with E-state index in [1.54, 1.807) is 20.8 Å². The van der Waals surface area contributed by atoms with Gasteiger partial charge in [0.1, 0.15) is 5.60 Å². The van der Waals surface area contributed by atoms with Crippen LogP contribution in [0.3, 0.4) is 0 Å². The van der Waals surface area contributed by atoms with E-state index in [1.165, 1.54) is 0 Å². The van der Waals surface area contributed by atoms with Gasteiger partial charge in [-0.25, -0.2) is 9.93 Å². The number of carbonyl (C=O) groups is 1. The van der Waals surface area contributed by atoms with Crippen molar-refractivity contribution in [3.05, 3.63) is 0 Å². The first-order chi connectivity index (χ1) is 8.55. The van der Waals surface area contributed by atoms with E-state index in [0.29, 0.717) is 25.7 Å². The van der Waals surface area contributed by atoms with Gasteiger partial charge in [0.05, 0.1) is 6.10 Å². The number of alkyl carbamates (subject to hydrolysis) is 1. The Hall–Kier alpha value is -0.860. The van der Waals surface area contributed by atoms with E-state index >= 15 is 0 Å². The van der Waals surface area contributed by atoms with Crippen molar-refractivity contribution in [2.75, 3.05) is 0 Å². The summed E-state index contributed by atoms with van der Waals surface area (Å²) in [7, 11) is -3.90. The molecule has 0 aromatic rings. The number of hydrogen-bond acceptors (Lipinski definition) is 5. The number of hydrogen-bond donors (Lipinski definition) is 2. The van der Waals surface area contributed by atoms with Crippen LogP contribution in [0.1, 0.15) is 46.5 Å². The van der Waals surface area contributed by atoms with Crippen molar-refractivity contribution in [2.45, 2.75) is 64.2 Å². The van der Waals surface area contributed by atoms with Crippen molar-refractivity contribution in [2.24, 2.45) is 5.14 Å². The minimum atomic E-state index is -3.90. The Bertz CT molecular complexity index is 407. The van der Waals surface area contributed by atoms with Crippen molar-refractivity contribution < 1.29 is 22.1 Å². The fourth-order valence-corrected chi connectivity index (χ4v) is 2.54. The molecule has 112 valence electrons. The molecule has 3 N–H and O–H groups in total. The molecule has 0 radical (unpaired) electrons. The Morgan fingerprint density at radius 2 is 1.74 bits per heavy atom. The van der Waals surface area contributed by atoms with Gasteiger partial charge in [-0.1, -0.05) is 0 Å². The summed E-state index contributed by atoms with van der Waals surface area (Å²) >= 11 is 0. The molecule has 0 unspecified atom stereocenters. The minimum Gasteiger partial charge on any atom is -0.444 e. The van der Waals surface area contributed by atoms with Crippen LogP contribution in [-0.2, 0) is 19.2 Å². The average Bonchev–Trinajstić information content (AvgIpc) is 2.15. The molecule has 1 fully saturated rings. The van der Waals surface area contributed by atoms with E-state index in [1.807, 2.05) is 0 Å². The van der Waals surface area contributed by atoms with Crippen LogP contribution in [-0.4, -0.2) is 32.3 Å². The minimum absolute atomic E-state index is 0.0184. The maximum absolute atomic E-state index is 11.6. The molecule has 8 heteroatoms. The van der Waals surface area contributed by atoms with Crippen LogP contribution < -0.4 is 10.5 Å². The molecule has 0 aromatic carbocycles. The quantitative estimate of drug-likeness (QED) is 0.808. The fraction of sp³-hybridized carbons (Fsp3) is 0.909. The number of nitrogens with two attached hydrogens (primary N) is 1. The molecular formula is C11H22N2O5S. The first kappa shape index (κ1) is 16.2. The lowest BCUT2D eigenvalue weighted by atomic mass is 9.93. The zero-order chi connectivity index (χ0) is 14.7. The molecule has 1 amide bonds. The average molecular weight is 294 g/mol. The zero-order valence-electron chi connectivity index (χ0n) is 11.5. The molecule has 0 bridgehead atoms. The summed E-state index contributed by atoms with van der Waals surface area (Å²) in [5.74, 6) is 0. The second-order valence-electron chi connectivity index (χ2n) is 5.71. The van der Waals surface area contributed by atoms with Crippen LogP contribution in [0.4, 0.5) is 4.79 Å². The molecule has 0 saturated heterocycles. The molecule has 0 aromatic heterocycles. The highest BCUT2D eigenvalue weighted by Gasteiger charge is 2.27. The smallest absolute Gasteiger partial charge is 0.407 e. The predicted molar refractivity (Wildman–Crippen MR) is 69.6 cm³/mol. The van der Waals surface area contributed by atoms with E-state index in [4.69, 9.17) is 14.1 Å². The topological polar surface area (TPSA) is 108 Å². The number of amides is 1. The zero-order valence-corrected chi connectivity index (χ0v) is 12.3. The largest absolute Gasteiger partial charge is 0.444 e. The molecule has 1 aliphatic carbocycles. The van der Waals surface area contributed by atoms with Gasteiger partial charge in [0.15, 0.2) is 0 Å². The van der Waals surface area contributed by atoms with E-state index < -0.39 is 28.1 Å². The van der Waals surface area contributed by atoms with E-state index in [9.17, 15) is 13.2 Å². The molecule has 0 atom stereocenters. The van der Waals surface area contributed by atoms with Gasteiger partial charge in [0, 0.05) is 6.04 Å². The summed E-state index contributed by atoms with van der Waals surface area (Å²) in [5, 5.41) is 7.57. The van der Waals surface area contributed by atoms with Crippen LogP contribution in [0.25, 0.3) is 0 Å². The lowest BCUT2D eigenvalue weighted by Crippen LogP contribution is -2.42. The van der Waals surface area contributed by atoms with Crippen LogP contribution in [0.15, 0.2) is 0 Å². The SMILES string of the molecule is CC(C)(C)OC(=O)NC1CCC(OS(N)(=O)=O)CC1. The van der Waals surface area contributed by atoms with Crippen molar-refractivity contribution in [1.29, 1.82) is 0 Å². The summed E-state index contributed by atoms with van der Waals surface area (Å²) in [6.45, 7) is 5.39. The second kappa shape index (κ2) is 6.06. The third-order valence-electron chi connectivity index (χ3n) is 2.67. The molecule has 7 nitrogen and oxygen atoms in total. The molecule has 1 aliphatic rings.